The summed E-state index contributed by atoms with van der Waals surface area (Å²) in [4.78, 5) is 0. The Kier molecular flexibility index (Phi) is 4.21. The first-order valence-corrected chi connectivity index (χ1v) is 4.67. The van der Waals surface area contributed by atoms with Crippen LogP contribution in [0.5, 0.6) is 0 Å². The zero-order chi connectivity index (χ0) is 9.07. The normalized spacial score (nSPS) is 17.9. The van der Waals surface area contributed by atoms with E-state index < -0.39 is 0 Å². The van der Waals surface area contributed by atoms with E-state index in [1.54, 1.807) is 0 Å². The van der Waals surface area contributed by atoms with Crippen LogP contribution in [0.1, 0.15) is 47.5 Å². The second-order valence-corrected chi connectivity index (χ2v) is 4.39. The van der Waals surface area contributed by atoms with Gasteiger partial charge in [0, 0.05) is 0 Å². The van der Waals surface area contributed by atoms with Gasteiger partial charge in [-0.05, 0) is 17.8 Å². The van der Waals surface area contributed by atoms with Crippen LogP contribution in [0.15, 0.2) is 0 Å². The summed E-state index contributed by atoms with van der Waals surface area (Å²) in [5.41, 5.74) is 0.406. The average Bonchev–Trinajstić information content (AvgIpc) is 1.86. The van der Waals surface area contributed by atoms with E-state index >= 15 is 0 Å². The van der Waals surface area contributed by atoms with Gasteiger partial charge in [-0.2, -0.15) is 0 Å². The van der Waals surface area contributed by atoms with Crippen molar-refractivity contribution in [3.8, 4) is 0 Å². The molecule has 0 spiro atoms. The van der Waals surface area contributed by atoms with Crippen molar-refractivity contribution >= 4 is 7.85 Å². The molecule has 0 aromatic rings. The van der Waals surface area contributed by atoms with Crippen LogP contribution in [0.25, 0.3) is 0 Å². The highest BCUT2D eigenvalue weighted by molar-refractivity contribution is 6.11. The fourth-order valence-corrected chi connectivity index (χ4v) is 1.58. The summed E-state index contributed by atoms with van der Waals surface area (Å²) >= 11 is 0. The summed E-state index contributed by atoms with van der Waals surface area (Å²) in [6.45, 7) is 11.2. The summed E-state index contributed by atoms with van der Waals surface area (Å²) in [7, 11) is 5.85. The number of rotatable bonds is 4. The third kappa shape index (κ3) is 3.31. The molecule has 64 valence electrons. The fraction of sp³-hybridized carbons (Fsp3) is 1.00. The lowest BCUT2D eigenvalue weighted by Gasteiger charge is -2.34. The quantitative estimate of drug-likeness (QED) is 0.541. The van der Waals surface area contributed by atoms with Crippen LogP contribution >= 0.6 is 0 Å². The molecule has 0 aromatic carbocycles. The van der Waals surface area contributed by atoms with Crippen LogP contribution in [0.3, 0.4) is 0 Å². The Morgan fingerprint density at radius 2 is 1.73 bits per heavy atom. The highest BCUT2D eigenvalue weighted by atomic mass is 14.3. The first-order chi connectivity index (χ1) is 4.91. The Bertz CT molecular complexity index is 105. The predicted molar refractivity (Wildman–Crippen MR) is 53.0 cm³/mol. The Morgan fingerprint density at radius 1 is 1.27 bits per heavy atom. The van der Waals surface area contributed by atoms with Gasteiger partial charge in [0.25, 0.3) is 0 Å². The molecule has 0 aliphatic carbocycles. The van der Waals surface area contributed by atoms with Gasteiger partial charge in [-0.25, -0.2) is 0 Å². The maximum atomic E-state index is 5.85. The van der Waals surface area contributed by atoms with Gasteiger partial charge in [-0.3, -0.25) is 0 Å². The molecular formula is C10H21B. The molecule has 2 atom stereocenters. The van der Waals surface area contributed by atoms with Gasteiger partial charge in [-0.1, -0.05) is 46.9 Å². The molecule has 0 amide bonds. The van der Waals surface area contributed by atoms with Gasteiger partial charge in [0.15, 0.2) is 0 Å². The van der Waals surface area contributed by atoms with Gasteiger partial charge in [-0.15, -0.1) is 0 Å². The highest BCUT2D eigenvalue weighted by Crippen LogP contribution is 2.37. The minimum Gasteiger partial charge on any atom is -0.0771 e. The second kappa shape index (κ2) is 4.18. The minimum absolute atomic E-state index is 0.316. The Balaban J connectivity index is 4.05. The van der Waals surface area contributed by atoms with E-state index in [9.17, 15) is 0 Å². The zero-order valence-electron chi connectivity index (χ0n) is 8.65. The molecule has 1 heteroatoms. The lowest BCUT2D eigenvalue weighted by molar-refractivity contribution is 0.205. The smallest absolute Gasteiger partial charge is 0.0699 e. The number of hydrogen-bond acceptors (Lipinski definition) is 0. The highest BCUT2D eigenvalue weighted by Gasteiger charge is 2.26. The number of hydrogen-bond donors (Lipinski definition) is 0. The van der Waals surface area contributed by atoms with Gasteiger partial charge in [0.2, 0.25) is 0 Å². The van der Waals surface area contributed by atoms with Crippen molar-refractivity contribution in [3.63, 3.8) is 0 Å². The molecular weight excluding hydrogens is 131 g/mol. The van der Waals surface area contributed by atoms with Crippen LogP contribution < -0.4 is 0 Å². The maximum Gasteiger partial charge on any atom is 0.0699 e. The first-order valence-electron chi connectivity index (χ1n) is 4.67. The molecule has 0 bridgehead atoms. The average molecular weight is 152 g/mol. The van der Waals surface area contributed by atoms with Crippen molar-refractivity contribution in [3.05, 3.63) is 0 Å². The summed E-state index contributed by atoms with van der Waals surface area (Å²) in [5.74, 6) is 0.930. The maximum absolute atomic E-state index is 5.85. The van der Waals surface area contributed by atoms with Crippen LogP contribution in [0, 0.1) is 11.3 Å². The third-order valence-corrected chi connectivity index (χ3v) is 2.92. The van der Waals surface area contributed by atoms with Gasteiger partial charge in [0.05, 0.1) is 7.85 Å². The SMILES string of the molecule is [B]C(C)C(C)C(C)(C)CCC. The van der Waals surface area contributed by atoms with E-state index in [0.717, 1.165) is 0 Å². The van der Waals surface area contributed by atoms with E-state index in [-0.39, 0.29) is 0 Å². The zero-order valence-corrected chi connectivity index (χ0v) is 8.65. The summed E-state index contributed by atoms with van der Waals surface area (Å²) in [6, 6.07) is 0. The molecule has 0 rings (SSSR count). The third-order valence-electron chi connectivity index (χ3n) is 2.92. The second-order valence-electron chi connectivity index (χ2n) is 4.39. The van der Waals surface area contributed by atoms with Gasteiger partial charge in [0.1, 0.15) is 0 Å². The molecule has 11 heavy (non-hydrogen) atoms. The predicted octanol–water partition coefficient (Wildman–Crippen LogP) is 3.43. The molecule has 2 radical (unpaired) electrons. The molecule has 0 aromatic heterocycles. The van der Waals surface area contributed by atoms with Crippen LogP contribution in [0.4, 0.5) is 0 Å². The van der Waals surface area contributed by atoms with E-state index in [1.807, 2.05) is 0 Å². The van der Waals surface area contributed by atoms with E-state index in [1.165, 1.54) is 12.8 Å². The van der Waals surface area contributed by atoms with Crippen molar-refractivity contribution in [1.82, 2.24) is 0 Å². The molecule has 0 saturated heterocycles. The monoisotopic (exact) mass is 152 g/mol. The Morgan fingerprint density at radius 3 is 2.00 bits per heavy atom. The van der Waals surface area contributed by atoms with Crippen molar-refractivity contribution in [2.24, 2.45) is 11.3 Å². The van der Waals surface area contributed by atoms with Crippen molar-refractivity contribution in [2.75, 3.05) is 0 Å². The van der Waals surface area contributed by atoms with E-state index in [0.29, 0.717) is 17.2 Å². The molecule has 2 unspecified atom stereocenters. The van der Waals surface area contributed by atoms with E-state index in [4.69, 9.17) is 7.85 Å². The largest absolute Gasteiger partial charge is 0.0771 e. The summed E-state index contributed by atoms with van der Waals surface area (Å²) in [5, 5.41) is 0. The fourth-order valence-electron chi connectivity index (χ4n) is 1.58. The van der Waals surface area contributed by atoms with Gasteiger partial charge < -0.3 is 0 Å². The van der Waals surface area contributed by atoms with Crippen molar-refractivity contribution in [1.29, 1.82) is 0 Å². The lowest BCUT2D eigenvalue weighted by atomic mass is 9.65. The minimum atomic E-state index is 0.316. The molecule has 0 N–H and O–H groups in total. The Labute approximate surface area is 73.2 Å². The van der Waals surface area contributed by atoms with Crippen LogP contribution in [0.2, 0.25) is 5.82 Å². The standard InChI is InChI=1S/C10H21B/c1-6-7-10(4,5)8(2)9(3)11/h8-9H,6-7H2,1-5H3. The first kappa shape index (κ1) is 11.1. The van der Waals surface area contributed by atoms with Crippen LogP contribution in [-0.4, -0.2) is 7.85 Å². The lowest BCUT2D eigenvalue weighted by Crippen LogP contribution is -2.24. The Hall–Kier alpha value is 0.0649. The summed E-state index contributed by atoms with van der Waals surface area (Å²) in [6.07, 6.45) is 2.53. The van der Waals surface area contributed by atoms with Gasteiger partial charge >= 0.3 is 0 Å². The topological polar surface area (TPSA) is 0 Å². The van der Waals surface area contributed by atoms with E-state index in [2.05, 4.69) is 34.6 Å². The molecule has 0 aliphatic heterocycles. The molecule has 0 heterocycles. The van der Waals surface area contributed by atoms with Crippen molar-refractivity contribution < 1.29 is 0 Å². The van der Waals surface area contributed by atoms with Crippen molar-refractivity contribution in [2.45, 2.75) is 53.3 Å². The molecule has 0 nitrogen and oxygen atoms in total. The van der Waals surface area contributed by atoms with Crippen LogP contribution in [-0.2, 0) is 0 Å². The molecule has 0 aliphatic rings. The summed E-state index contributed by atoms with van der Waals surface area (Å²) < 4.78 is 0. The molecule has 0 fully saturated rings. The molecule has 0 saturated carbocycles.